The number of nitrogens with one attached hydrogen (secondary N) is 2. The van der Waals surface area contributed by atoms with Gasteiger partial charge in [0.15, 0.2) is 11.5 Å². The summed E-state index contributed by atoms with van der Waals surface area (Å²) in [6.45, 7) is 9.63. The lowest BCUT2D eigenvalue weighted by Crippen LogP contribution is -2.70. The van der Waals surface area contributed by atoms with Crippen molar-refractivity contribution in [2.45, 2.75) is 82.7 Å². The van der Waals surface area contributed by atoms with Gasteiger partial charge in [0.1, 0.15) is 17.7 Å². The number of nitrogens with two attached hydrogens (primary N) is 1. The zero-order valence-corrected chi connectivity index (χ0v) is 39.6. The predicted octanol–water partition coefficient (Wildman–Crippen LogP) is 5.02. The van der Waals surface area contributed by atoms with Crippen LogP contribution in [0.5, 0.6) is 11.5 Å². The number of alkyl halides is 3. The molecule has 20 heteroatoms. The summed E-state index contributed by atoms with van der Waals surface area (Å²) in [7, 11) is 3.43. The molecule has 0 spiro atoms. The second-order valence-corrected chi connectivity index (χ2v) is 20.0. The molecule has 370 valence electrons. The molecule has 4 N–H and O–H groups in total. The molecule has 4 saturated heterocycles. The molecule has 1 unspecified atom stereocenters. The summed E-state index contributed by atoms with van der Waals surface area (Å²) in [5.74, 6) is -0.118. The first kappa shape index (κ1) is 47.2. The fourth-order valence-corrected chi connectivity index (χ4v) is 10.7. The molecule has 6 heterocycles. The van der Waals surface area contributed by atoms with Gasteiger partial charge in [-0.25, -0.2) is 9.97 Å². The first-order chi connectivity index (χ1) is 33.4. The maximum Gasteiger partial charge on any atom is 0.416 e. The average molecular weight is 967 g/mol. The highest BCUT2D eigenvalue weighted by Crippen LogP contribution is 2.48. The van der Waals surface area contributed by atoms with Gasteiger partial charge in [0.05, 0.1) is 42.0 Å². The van der Waals surface area contributed by atoms with Crippen molar-refractivity contribution in [3.8, 4) is 11.5 Å². The Kier molecular flexibility index (Phi) is 12.1. The van der Waals surface area contributed by atoms with Crippen molar-refractivity contribution in [1.29, 1.82) is 0 Å². The number of aryl methyl sites for hydroxylation is 1. The third-order valence-electron chi connectivity index (χ3n) is 15.1. The van der Waals surface area contributed by atoms with E-state index in [1.54, 1.807) is 45.2 Å². The van der Waals surface area contributed by atoms with Gasteiger partial charge in [-0.15, -0.1) is 0 Å². The molecule has 4 aromatic rings. The van der Waals surface area contributed by atoms with Crippen LogP contribution in [-0.2, 0) is 20.6 Å². The van der Waals surface area contributed by atoms with Crippen LogP contribution in [-0.4, -0.2) is 144 Å². The van der Waals surface area contributed by atoms with Crippen molar-refractivity contribution in [3.63, 3.8) is 0 Å². The minimum atomic E-state index is -4.55. The Morgan fingerprint density at radius 2 is 1.64 bits per heavy atom. The molecule has 1 aliphatic carbocycles. The van der Waals surface area contributed by atoms with E-state index in [0.29, 0.717) is 64.8 Å². The molecule has 2 atom stereocenters. The number of hydrogen-bond acceptors (Lipinski definition) is 14. The summed E-state index contributed by atoms with van der Waals surface area (Å²) in [5.41, 5.74) is 7.17. The van der Waals surface area contributed by atoms with Crippen molar-refractivity contribution >= 4 is 57.6 Å². The Balaban J connectivity index is 0.687. The number of hydrogen-bond donors (Lipinski definition) is 3. The van der Waals surface area contributed by atoms with Gasteiger partial charge in [0, 0.05) is 92.4 Å². The highest BCUT2D eigenvalue weighted by atomic mass is 19.4. The summed E-state index contributed by atoms with van der Waals surface area (Å²) in [6, 6.07) is 11.5. The summed E-state index contributed by atoms with van der Waals surface area (Å²) in [5, 5.41) is 6.11. The standard InChI is InChI=1S/C50H57F3N10O7/c1-27(30-15-31(50(51,52)53)17-32(54)16-30)55-44-38-19-42(41(69-4)20-39(38)56-28(2)57-44)70-26-49(11-12-49)25-59(3)46(66)29-9-13-60(14-10-29)34-21-62(22-34)35-23-61(24-35)33-5-6-36-37(18-33)48(68)63(47(36)67)40-7-8-43(64)58-45(40)65/h5-6,15-20,27,29,34-35,40H,7-14,21-26,54H2,1-4H3,(H,55,56,57)(H,58,64,65)/t27-,40?/m1/s1. The minimum absolute atomic E-state index is 0.00794. The highest BCUT2D eigenvalue weighted by molar-refractivity contribution is 6.23. The van der Waals surface area contributed by atoms with Crippen molar-refractivity contribution in [2.24, 2.45) is 11.3 Å². The van der Waals surface area contributed by atoms with E-state index in [2.05, 4.69) is 35.3 Å². The molecular formula is C50H57F3N10O7. The number of nitrogen functional groups attached to an aromatic ring is 1. The van der Waals surface area contributed by atoms with Crippen LogP contribution in [0.15, 0.2) is 48.5 Å². The van der Waals surface area contributed by atoms with Gasteiger partial charge < -0.3 is 30.3 Å². The number of nitrogens with zero attached hydrogens (tertiary/aromatic N) is 7. The van der Waals surface area contributed by atoms with Gasteiger partial charge in [-0.1, -0.05) is 0 Å². The largest absolute Gasteiger partial charge is 0.493 e. The summed E-state index contributed by atoms with van der Waals surface area (Å²) < 4.78 is 53.0. The van der Waals surface area contributed by atoms with Crippen LogP contribution in [0, 0.1) is 18.3 Å². The lowest BCUT2D eigenvalue weighted by molar-refractivity contribution is -0.138. The highest BCUT2D eigenvalue weighted by Gasteiger charge is 2.48. The fourth-order valence-electron chi connectivity index (χ4n) is 10.7. The van der Waals surface area contributed by atoms with Crippen molar-refractivity contribution in [1.82, 2.24) is 34.9 Å². The van der Waals surface area contributed by atoms with Gasteiger partial charge >= 0.3 is 6.18 Å². The van der Waals surface area contributed by atoms with Crippen molar-refractivity contribution < 1.29 is 46.6 Å². The molecule has 6 aliphatic rings. The number of piperidine rings is 2. The van der Waals surface area contributed by atoms with E-state index in [-0.39, 0.29) is 46.9 Å². The van der Waals surface area contributed by atoms with E-state index < -0.39 is 47.5 Å². The Morgan fingerprint density at radius 1 is 0.929 bits per heavy atom. The van der Waals surface area contributed by atoms with Crippen molar-refractivity contribution in [3.05, 3.63) is 76.6 Å². The van der Waals surface area contributed by atoms with Crippen LogP contribution < -0.4 is 30.7 Å². The number of benzene rings is 3. The molecule has 0 radical (unpaired) electrons. The number of ether oxygens (including phenoxy) is 2. The second kappa shape index (κ2) is 18.0. The quantitative estimate of drug-likeness (QED) is 0.113. The second-order valence-electron chi connectivity index (χ2n) is 20.0. The number of anilines is 3. The number of amides is 5. The Hall–Kier alpha value is -6.54. The first-order valence-electron chi connectivity index (χ1n) is 23.9. The number of fused-ring (bicyclic) bond motifs is 2. The first-order valence-corrected chi connectivity index (χ1v) is 23.9. The Morgan fingerprint density at radius 3 is 2.33 bits per heavy atom. The monoisotopic (exact) mass is 966 g/mol. The molecule has 3 aromatic carbocycles. The lowest BCUT2D eigenvalue weighted by atomic mass is 9.91. The van der Waals surface area contributed by atoms with Gasteiger partial charge in [0.25, 0.3) is 11.8 Å². The molecule has 5 fully saturated rings. The minimum Gasteiger partial charge on any atom is -0.493 e. The van der Waals surface area contributed by atoms with Gasteiger partial charge in [-0.2, -0.15) is 13.2 Å². The van der Waals surface area contributed by atoms with E-state index >= 15 is 0 Å². The molecule has 5 aliphatic heterocycles. The molecule has 17 nitrogen and oxygen atoms in total. The van der Waals surface area contributed by atoms with Crippen LogP contribution in [0.25, 0.3) is 10.9 Å². The predicted molar refractivity (Wildman–Crippen MR) is 252 cm³/mol. The third kappa shape index (κ3) is 9.06. The smallest absolute Gasteiger partial charge is 0.416 e. The van der Waals surface area contributed by atoms with E-state index in [4.69, 9.17) is 15.2 Å². The average Bonchev–Trinajstić information content (AvgIpc) is 4.01. The maximum atomic E-state index is 13.9. The van der Waals surface area contributed by atoms with Crippen LogP contribution >= 0.6 is 0 Å². The Labute approximate surface area is 402 Å². The van der Waals surface area contributed by atoms with Crippen LogP contribution in [0.3, 0.4) is 0 Å². The van der Waals surface area contributed by atoms with Crippen LogP contribution in [0.2, 0.25) is 0 Å². The molecule has 0 bridgehead atoms. The van der Waals surface area contributed by atoms with E-state index in [1.165, 1.54) is 6.07 Å². The van der Waals surface area contributed by atoms with Crippen molar-refractivity contribution in [2.75, 3.05) is 82.5 Å². The number of rotatable bonds is 14. The molecule has 1 aromatic heterocycles. The topological polar surface area (TPSA) is 196 Å². The molecule has 1 saturated carbocycles. The molecular weight excluding hydrogens is 910 g/mol. The maximum absolute atomic E-state index is 13.9. The van der Waals surface area contributed by atoms with Gasteiger partial charge in [-0.3, -0.25) is 44.0 Å². The van der Waals surface area contributed by atoms with Gasteiger partial charge in [-0.05, 0) is 107 Å². The third-order valence-corrected chi connectivity index (χ3v) is 15.1. The zero-order valence-electron chi connectivity index (χ0n) is 39.6. The lowest BCUT2D eigenvalue weighted by Gasteiger charge is -2.55. The van der Waals surface area contributed by atoms with E-state index in [9.17, 15) is 37.1 Å². The molecule has 5 amide bonds. The molecule has 10 rings (SSSR count). The number of imide groups is 2. The fraction of sp³-hybridized carbons (Fsp3) is 0.500. The number of methoxy groups -OCH3 is 1. The number of aromatic nitrogens is 2. The van der Waals surface area contributed by atoms with E-state index in [0.717, 1.165) is 87.7 Å². The normalized spacial score (nSPS) is 21.6. The SMILES string of the molecule is COc1cc2nc(C)nc(N[C@H](C)c3cc(N)cc(C(F)(F)F)c3)c2cc1OCC1(CN(C)C(=O)C2CCN(C3CN(C4CN(c5ccc6c(c5)C(=O)N(C5CCC(=O)NC5=O)C6=O)C4)C3)CC2)CC1. The number of carbonyl (C=O) groups is 5. The summed E-state index contributed by atoms with van der Waals surface area (Å²) in [6.07, 6.45) is -0.950. The summed E-state index contributed by atoms with van der Waals surface area (Å²) >= 11 is 0. The zero-order chi connectivity index (χ0) is 49.4. The van der Waals surface area contributed by atoms with Crippen LogP contribution in [0.1, 0.15) is 89.2 Å². The van der Waals surface area contributed by atoms with E-state index in [1.807, 2.05) is 18.0 Å². The summed E-state index contributed by atoms with van der Waals surface area (Å²) in [4.78, 5) is 83.7. The molecule has 70 heavy (non-hydrogen) atoms. The number of halogens is 3. The number of carbonyl (C=O) groups excluding carboxylic acids is 5. The Bertz CT molecular complexity index is 2780. The van der Waals surface area contributed by atoms with Gasteiger partial charge in [0.2, 0.25) is 17.7 Å². The van der Waals surface area contributed by atoms with Crippen LogP contribution in [0.4, 0.5) is 30.4 Å². The number of likely N-dealkylation sites (tertiary alicyclic amines) is 2.